The Balaban J connectivity index is 1.61. The molecule has 0 radical (unpaired) electrons. The van der Waals surface area contributed by atoms with Crippen molar-refractivity contribution in [3.05, 3.63) is 99.7 Å². The van der Waals surface area contributed by atoms with Crippen molar-refractivity contribution in [3.8, 4) is 0 Å². The van der Waals surface area contributed by atoms with Gasteiger partial charge in [-0.2, -0.15) is 0 Å². The van der Waals surface area contributed by atoms with Crippen molar-refractivity contribution in [2.24, 2.45) is 0 Å². The standard InChI is InChI=1S/C26H24FN3O2S/c1-16-6-4-10-22(28-16)29-24(17-11-13-18(27)14-12-17)23-19-7-2-3-9-21(19)33-26(23)30-25(31)20-8-5-15-32-20/h4-6,8,10-15,24H,2-3,7,9H2,1H3,(H,28,29)(H,30,31)/t24-/m0/s1. The van der Waals surface area contributed by atoms with E-state index in [2.05, 4.69) is 15.6 Å². The summed E-state index contributed by atoms with van der Waals surface area (Å²) in [5, 5.41) is 7.42. The van der Waals surface area contributed by atoms with E-state index in [4.69, 9.17) is 4.42 Å². The molecule has 0 unspecified atom stereocenters. The van der Waals surface area contributed by atoms with Gasteiger partial charge in [0.05, 0.1) is 12.3 Å². The molecule has 1 atom stereocenters. The van der Waals surface area contributed by atoms with Crippen LogP contribution in [0.3, 0.4) is 0 Å². The number of halogens is 1. The highest BCUT2D eigenvalue weighted by molar-refractivity contribution is 7.16. The first-order chi connectivity index (χ1) is 16.1. The van der Waals surface area contributed by atoms with Crippen molar-refractivity contribution >= 4 is 28.1 Å². The molecular weight excluding hydrogens is 437 g/mol. The zero-order valence-electron chi connectivity index (χ0n) is 18.2. The normalized spacial score (nSPS) is 13.9. The number of aryl methyl sites for hydroxylation is 2. The van der Waals surface area contributed by atoms with Gasteiger partial charge in [0.2, 0.25) is 0 Å². The Kier molecular flexibility index (Phi) is 5.96. The molecule has 1 aliphatic carbocycles. The molecule has 1 aliphatic rings. The van der Waals surface area contributed by atoms with Crippen LogP contribution < -0.4 is 10.6 Å². The quantitative estimate of drug-likeness (QED) is 0.343. The number of carbonyl (C=O) groups is 1. The number of carbonyl (C=O) groups excluding carboxylic acids is 1. The molecular formula is C26H24FN3O2S. The summed E-state index contributed by atoms with van der Waals surface area (Å²) >= 11 is 1.62. The average Bonchev–Trinajstić information content (AvgIpc) is 3.47. The smallest absolute Gasteiger partial charge is 0.291 e. The van der Waals surface area contributed by atoms with Crippen LogP contribution in [0.2, 0.25) is 0 Å². The van der Waals surface area contributed by atoms with E-state index in [1.165, 1.54) is 28.8 Å². The fraction of sp³-hybridized carbons (Fsp3) is 0.231. The Morgan fingerprint density at radius 3 is 2.67 bits per heavy atom. The van der Waals surface area contributed by atoms with E-state index in [9.17, 15) is 9.18 Å². The van der Waals surface area contributed by atoms with Gasteiger partial charge in [0, 0.05) is 16.1 Å². The highest BCUT2D eigenvalue weighted by Crippen LogP contribution is 2.44. The Morgan fingerprint density at radius 2 is 1.91 bits per heavy atom. The molecule has 0 aliphatic heterocycles. The molecule has 0 saturated carbocycles. The average molecular weight is 462 g/mol. The number of nitrogens with zero attached hydrogens (tertiary/aromatic N) is 1. The number of anilines is 2. The summed E-state index contributed by atoms with van der Waals surface area (Å²) in [5.74, 6) is 0.415. The minimum Gasteiger partial charge on any atom is -0.459 e. The number of thiophene rings is 1. The maximum atomic E-state index is 13.8. The number of nitrogens with one attached hydrogen (secondary N) is 2. The number of rotatable bonds is 6. The van der Waals surface area contributed by atoms with Crippen LogP contribution in [-0.2, 0) is 12.8 Å². The van der Waals surface area contributed by atoms with Crippen LogP contribution in [0.25, 0.3) is 0 Å². The molecule has 3 aromatic heterocycles. The zero-order valence-corrected chi connectivity index (χ0v) is 19.0. The lowest BCUT2D eigenvalue weighted by atomic mass is 9.89. The van der Waals surface area contributed by atoms with Crippen molar-refractivity contribution < 1.29 is 13.6 Å². The van der Waals surface area contributed by atoms with Gasteiger partial charge in [0.25, 0.3) is 5.91 Å². The molecule has 1 amide bonds. The SMILES string of the molecule is Cc1cccc(N[C@@H](c2ccc(F)cc2)c2c(NC(=O)c3ccco3)sc3c2CCCC3)n1. The number of hydrogen-bond acceptors (Lipinski definition) is 5. The molecule has 168 valence electrons. The third-order valence-corrected chi connectivity index (χ3v) is 7.08. The summed E-state index contributed by atoms with van der Waals surface area (Å²) in [5.41, 5.74) is 4.08. The Hall–Kier alpha value is -3.45. The molecule has 7 heteroatoms. The van der Waals surface area contributed by atoms with E-state index in [1.54, 1.807) is 35.6 Å². The van der Waals surface area contributed by atoms with Crippen LogP contribution in [0.4, 0.5) is 15.2 Å². The number of hydrogen-bond donors (Lipinski definition) is 2. The first-order valence-electron chi connectivity index (χ1n) is 11.0. The van der Waals surface area contributed by atoms with Crippen molar-refractivity contribution in [2.75, 3.05) is 10.6 Å². The van der Waals surface area contributed by atoms with E-state index in [0.29, 0.717) is 0 Å². The first-order valence-corrected chi connectivity index (χ1v) is 11.8. The predicted molar refractivity (Wildman–Crippen MR) is 128 cm³/mol. The fourth-order valence-corrected chi connectivity index (χ4v) is 5.63. The third kappa shape index (κ3) is 4.54. The van der Waals surface area contributed by atoms with Crippen molar-refractivity contribution in [2.45, 2.75) is 38.6 Å². The highest BCUT2D eigenvalue weighted by Gasteiger charge is 2.29. The fourth-order valence-electron chi connectivity index (χ4n) is 4.31. The molecule has 0 saturated heterocycles. The Labute approximate surface area is 195 Å². The Morgan fingerprint density at radius 1 is 1.09 bits per heavy atom. The summed E-state index contributed by atoms with van der Waals surface area (Å²) in [6.45, 7) is 1.94. The van der Waals surface area contributed by atoms with Crippen LogP contribution in [0.15, 0.2) is 65.3 Å². The summed E-state index contributed by atoms with van der Waals surface area (Å²) < 4.78 is 19.1. The highest BCUT2D eigenvalue weighted by atomic mass is 32.1. The van der Waals surface area contributed by atoms with Gasteiger partial charge < -0.3 is 15.1 Å². The van der Waals surface area contributed by atoms with Gasteiger partial charge in [-0.25, -0.2) is 9.37 Å². The molecule has 1 aromatic carbocycles. The number of benzene rings is 1. The van der Waals surface area contributed by atoms with Crippen LogP contribution >= 0.6 is 11.3 Å². The van der Waals surface area contributed by atoms with Crippen molar-refractivity contribution in [3.63, 3.8) is 0 Å². The van der Waals surface area contributed by atoms with E-state index in [0.717, 1.165) is 53.3 Å². The maximum Gasteiger partial charge on any atom is 0.291 e. The van der Waals surface area contributed by atoms with Crippen LogP contribution in [0, 0.1) is 12.7 Å². The van der Waals surface area contributed by atoms with Gasteiger partial charge in [-0.3, -0.25) is 4.79 Å². The lowest BCUT2D eigenvalue weighted by Crippen LogP contribution is -2.19. The number of pyridine rings is 1. The summed E-state index contributed by atoms with van der Waals surface area (Å²) in [6.07, 6.45) is 5.65. The largest absolute Gasteiger partial charge is 0.459 e. The maximum absolute atomic E-state index is 13.8. The number of fused-ring (bicyclic) bond motifs is 1. The zero-order chi connectivity index (χ0) is 22.8. The monoisotopic (exact) mass is 461 g/mol. The molecule has 0 bridgehead atoms. The minimum absolute atomic E-state index is 0.263. The molecule has 0 fully saturated rings. The predicted octanol–water partition coefficient (Wildman–Crippen LogP) is 6.52. The first kappa shape index (κ1) is 21.4. The van der Waals surface area contributed by atoms with Crippen molar-refractivity contribution in [1.82, 2.24) is 4.98 Å². The second kappa shape index (κ2) is 9.19. The van der Waals surface area contributed by atoms with Gasteiger partial charge >= 0.3 is 0 Å². The second-order valence-corrected chi connectivity index (χ2v) is 9.28. The summed E-state index contributed by atoms with van der Waals surface area (Å²) in [6, 6.07) is 15.4. The van der Waals surface area contributed by atoms with E-state index < -0.39 is 0 Å². The van der Waals surface area contributed by atoms with E-state index in [1.807, 2.05) is 25.1 Å². The third-order valence-electron chi connectivity index (χ3n) is 5.86. The molecule has 3 heterocycles. The van der Waals surface area contributed by atoms with Crippen LogP contribution in [-0.4, -0.2) is 10.9 Å². The summed E-state index contributed by atoms with van der Waals surface area (Å²) in [7, 11) is 0. The van der Waals surface area contributed by atoms with Gasteiger partial charge in [-0.05, 0) is 80.1 Å². The Bertz CT molecular complexity index is 1270. The van der Waals surface area contributed by atoms with Crippen LogP contribution in [0.1, 0.15) is 56.7 Å². The van der Waals surface area contributed by atoms with E-state index in [-0.39, 0.29) is 23.5 Å². The molecule has 33 heavy (non-hydrogen) atoms. The molecule has 2 N–H and O–H groups in total. The second-order valence-electron chi connectivity index (χ2n) is 8.18. The molecule has 0 spiro atoms. The van der Waals surface area contributed by atoms with Crippen molar-refractivity contribution in [1.29, 1.82) is 0 Å². The molecule has 4 aromatic rings. The molecule has 5 nitrogen and oxygen atoms in total. The van der Waals surface area contributed by atoms with Crippen LogP contribution in [0.5, 0.6) is 0 Å². The number of furan rings is 1. The molecule has 5 rings (SSSR count). The topological polar surface area (TPSA) is 67.2 Å². The van der Waals surface area contributed by atoms with Gasteiger partial charge in [0.15, 0.2) is 5.76 Å². The number of amides is 1. The lowest BCUT2D eigenvalue weighted by molar-refractivity contribution is 0.0997. The van der Waals surface area contributed by atoms with Gasteiger partial charge in [-0.15, -0.1) is 11.3 Å². The van der Waals surface area contributed by atoms with Gasteiger partial charge in [0.1, 0.15) is 16.6 Å². The lowest BCUT2D eigenvalue weighted by Gasteiger charge is -2.24. The summed E-state index contributed by atoms with van der Waals surface area (Å²) in [4.78, 5) is 18.8. The van der Waals surface area contributed by atoms with E-state index >= 15 is 0 Å². The number of aromatic nitrogens is 1. The van der Waals surface area contributed by atoms with Gasteiger partial charge in [-0.1, -0.05) is 18.2 Å². The minimum atomic E-state index is -0.301.